The van der Waals surface area contributed by atoms with Crippen molar-refractivity contribution in [1.82, 2.24) is 4.57 Å². The zero-order chi connectivity index (χ0) is 18.0. The van der Waals surface area contributed by atoms with Gasteiger partial charge < -0.3 is 0 Å². The number of nitro groups is 1. The number of non-ortho nitro benzene ring substituents is 1. The normalized spacial score (nSPS) is 10.6. The quantitative estimate of drug-likeness (QED) is 0.334. The molecule has 7 heteroatoms. The van der Waals surface area contributed by atoms with Gasteiger partial charge in [-0.2, -0.15) is 0 Å². The van der Waals surface area contributed by atoms with E-state index in [1.807, 2.05) is 6.07 Å². The first-order valence-corrected chi connectivity index (χ1v) is 7.65. The largest absolute Gasteiger partial charge is 0.355 e. The second-order valence-electron chi connectivity index (χ2n) is 5.66. The molecule has 3 rings (SSSR count). The highest BCUT2D eigenvalue weighted by Crippen LogP contribution is 2.24. The van der Waals surface area contributed by atoms with E-state index >= 15 is 0 Å². The first-order valence-electron chi connectivity index (χ1n) is 7.65. The predicted octanol–water partition coefficient (Wildman–Crippen LogP) is 2.35. The van der Waals surface area contributed by atoms with Gasteiger partial charge in [0.1, 0.15) is 18.4 Å². The van der Waals surface area contributed by atoms with Crippen molar-refractivity contribution >= 4 is 17.4 Å². The molecule has 0 spiro atoms. The Hall–Kier alpha value is -3.48. The highest BCUT2D eigenvalue weighted by atomic mass is 16.6. The number of hydrogen-bond acceptors (Lipinski definition) is 4. The Labute approximate surface area is 144 Å². The molecule has 2 aromatic carbocycles. The van der Waals surface area contributed by atoms with E-state index in [9.17, 15) is 14.9 Å². The van der Waals surface area contributed by atoms with Crippen LogP contribution in [-0.2, 0) is 13.6 Å². The van der Waals surface area contributed by atoms with Crippen LogP contribution in [0.25, 0.3) is 11.3 Å². The summed E-state index contributed by atoms with van der Waals surface area (Å²) in [6.07, 6.45) is 1.73. The van der Waals surface area contributed by atoms with Crippen molar-refractivity contribution in [3.8, 4) is 11.3 Å². The summed E-state index contributed by atoms with van der Waals surface area (Å²) in [6, 6.07) is 15.3. The summed E-state index contributed by atoms with van der Waals surface area (Å²) in [5, 5.41) is 11.0. The number of ketones is 1. The standard InChI is InChI=1S/C18H16N4O3/c1-20-16(14-8-5-9-15(10-14)22(24)25)11-21(18(20)19)12-17(23)13-6-3-2-4-7-13/h2-11,19H,12H2,1H3/p+1. The Morgan fingerprint density at radius 1 is 1.20 bits per heavy atom. The lowest BCUT2D eigenvalue weighted by molar-refractivity contribution is -0.667. The van der Waals surface area contributed by atoms with Crippen LogP contribution in [0.1, 0.15) is 10.4 Å². The van der Waals surface area contributed by atoms with E-state index in [1.165, 1.54) is 12.1 Å². The van der Waals surface area contributed by atoms with Gasteiger partial charge >= 0.3 is 5.95 Å². The number of aromatic nitrogens is 2. The number of rotatable bonds is 5. The lowest BCUT2D eigenvalue weighted by atomic mass is 10.1. The van der Waals surface area contributed by atoms with Crippen LogP contribution < -0.4 is 10.3 Å². The molecule has 0 aliphatic rings. The Morgan fingerprint density at radius 3 is 2.60 bits per heavy atom. The van der Waals surface area contributed by atoms with E-state index in [1.54, 1.807) is 58.8 Å². The molecule has 0 bridgehead atoms. The number of hydrogen-bond donors (Lipinski definition) is 1. The molecule has 1 aromatic heterocycles. The number of Topliss-reactive ketones (excluding diaryl/α,β-unsaturated/α-hetero) is 1. The number of anilines is 1. The van der Waals surface area contributed by atoms with Gasteiger partial charge in [0.15, 0.2) is 5.78 Å². The molecule has 0 unspecified atom stereocenters. The number of nitro benzene ring substituents is 1. The van der Waals surface area contributed by atoms with Gasteiger partial charge in [-0.3, -0.25) is 20.6 Å². The maximum Gasteiger partial charge on any atom is 0.355 e. The monoisotopic (exact) mass is 337 g/mol. The second-order valence-corrected chi connectivity index (χ2v) is 5.66. The van der Waals surface area contributed by atoms with E-state index < -0.39 is 4.92 Å². The maximum atomic E-state index is 12.4. The zero-order valence-corrected chi connectivity index (χ0v) is 13.6. The van der Waals surface area contributed by atoms with Crippen LogP contribution in [0.2, 0.25) is 0 Å². The highest BCUT2D eigenvalue weighted by Gasteiger charge is 2.21. The Bertz CT molecular complexity index is 948. The Balaban J connectivity index is 1.94. The van der Waals surface area contributed by atoms with Crippen molar-refractivity contribution in [1.29, 1.82) is 0 Å². The van der Waals surface area contributed by atoms with Crippen molar-refractivity contribution in [3.63, 3.8) is 0 Å². The first-order chi connectivity index (χ1) is 12.0. The summed E-state index contributed by atoms with van der Waals surface area (Å²) in [7, 11) is 1.76. The molecule has 0 radical (unpaired) electrons. The van der Waals surface area contributed by atoms with Gasteiger partial charge in [0.05, 0.1) is 12.0 Å². The Morgan fingerprint density at radius 2 is 1.92 bits per heavy atom. The van der Waals surface area contributed by atoms with Crippen LogP contribution in [0, 0.1) is 10.1 Å². The van der Waals surface area contributed by atoms with E-state index in [2.05, 4.69) is 0 Å². The molecule has 0 saturated heterocycles. The van der Waals surface area contributed by atoms with Crippen LogP contribution in [-0.4, -0.2) is 15.3 Å². The molecule has 0 saturated carbocycles. The molecule has 7 nitrogen and oxygen atoms in total. The van der Waals surface area contributed by atoms with E-state index in [0.717, 1.165) is 0 Å². The van der Waals surface area contributed by atoms with Gasteiger partial charge in [-0.15, -0.1) is 0 Å². The van der Waals surface area contributed by atoms with Gasteiger partial charge in [0, 0.05) is 23.3 Å². The number of carbonyl (C=O) groups excluding carboxylic acids is 1. The van der Waals surface area contributed by atoms with Crippen molar-refractivity contribution in [2.75, 3.05) is 5.73 Å². The molecule has 1 heterocycles. The third-order valence-corrected chi connectivity index (χ3v) is 4.04. The molecule has 0 atom stereocenters. The molecule has 3 aromatic rings. The van der Waals surface area contributed by atoms with Crippen LogP contribution in [0.5, 0.6) is 0 Å². The average molecular weight is 337 g/mol. The zero-order valence-electron chi connectivity index (χ0n) is 13.6. The molecule has 0 aliphatic carbocycles. The third-order valence-electron chi connectivity index (χ3n) is 4.04. The molecule has 126 valence electrons. The summed E-state index contributed by atoms with van der Waals surface area (Å²) in [4.78, 5) is 22.9. The minimum atomic E-state index is -0.442. The number of nitrogen functional groups attached to an aromatic ring is 1. The predicted molar refractivity (Wildman–Crippen MR) is 92.9 cm³/mol. The minimum Gasteiger partial charge on any atom is -0.291 e. The number of benzene rings is 2. The van der Waals surface area contributed by atoms with Crippen molar-refractivity contribution in [2.24, 2.45) is 7.05 Å². The average Bonchev–Trinajstić information content (AvgIpc) is 2.91. The molecule has 2 N–H and O–H groups in total. The Kier molecular flexibility index (Phi) is 4.30. The summed E-state index contributed by atoms with van der Waals surface area (Å²) in [5.41, 5.74) is 8.07. The molecular formula is C18H17N4O3+. The minimum absolute atomic E-state index is 0.00387. The van der Waals surface area contributed by atoms with E-state index in [-0.39, 0.29) is 18.0 Å². The molecule has 0 amide bonds. The fourth-order valence-electron chi connectivity index (χ4n) is 2.66. The SMILES string of the molecule is Cn1c(-c2cccc([N+](=O)[O-])c2)c[n+](CC(=O)c2ccccc2)c1N. The topological polar surface area (TPSA) is 95.0 Å². The summed E-state index contributed by atoms with van der Waals surface area (Å²) in [6.45, 7) is 0.0958. The summed E-state index contributed by atoms with van der Waals surface area (Å²) in [5.74, 6) is 0.333. The number of nitrogens with zero attached hydrogens (tertiary/aromatic N) is 3. The first kappa shape index (κ1) is 16.4. The number of imidazole rings is 1. The van der Waals surface area contributed by atoms with Crippen molar-refractivity contribution < 1.29 is 14.3 Å². The highest BCUT2D eigenvalue weighted by molar-refractivity contribution is 5.95. The van der Waals surface area contributed by atoms with Gasteiger partial charge in [-0.05, 0) is 0 Å². The summed E-state index contributed by atoms with van der Waals surface area (Å²) >= 11 is 0. The molecule has 25 heavy (non-hydrogen) atoms. The molecule has 0 fully saturated rings. The fraction of sp³-hybridized carbons (Fsp3) is 0.111. The third kappa shape index (κ3) is 3.25. The van der Waals surface area contributed by atoms with Gasteiger partial charge in [-0.1, -0.05) is 42.5 Å². The van der Waals surface area contributed by atoms with Crippen LogP contribution in [0.4, 0.5) is 11.6 Å². The van der Waals surface area contributed by atoms with E-state index in [0.29, 0.717) is 22.8 Å². The van der Waals surface area contributed by atoms with Gasteiger partial charge in [0.25, 0.3) is 5.69 Å². The number of carbonyl (C=O) groups is 1. The molecular weight excluding hydrogens is 320 g/mol. The van der Waals surface area contributed by atoms with Gasteiger partial charge in [-0.25, -0.2) is 9.13 Å². The van der Waals surface area contributed by atoms with Crippen molar-refractivity contribution in [3.05, 3.63) is 76.5 Å². The fourth-order valence-corrected chi connectivity index (χ4v) is 2.66. The van der Waals surface area contributed by atoms with Crippen LogP contribution in [0.15, 0.2) is 60.8 Å². The second kappa shape index (κ2) is 6.56. The smallest absolute Gasteiger partial charge is 0.291 e. The number of nitrogens with two attached hydrogens (primary N) is 1. The van der Waals surface area contributed by atoms with Crippen molar-refractivity contribution in [2.45, 2.75) is 6.54 Å². The lowest BCUT2D eigenvalue weighted by Gasteiger charge is -2.00. The molecule has 0 aliphatic heterocycles. The lowest BCUT2D eigenvalue weighted by Crippen LogP contribution is -2.39. The maximum absolute atomic E-state index is 12.4. The van der Waals surface area contributed by atoms with Crippen LogP contribution in [0.3, 0.4) is 0 Å². The van der Waals surface area contributed by atoms with Crippen LogP contribution >= 0.6 is 0 Å². The van der Waals surface area contributed by atoms with Gasteiger partial charge in [0.2, 0.25) is 0 Å². The van der Waals surface area contributed by atoms with E-state index in [4.69, 9.17) is 5.73 Å². The summed E-state index contributed by atoms with van der Waals surface area (Å²) < 4.78 is 3.35.